The maximum Gasteiger partial charge on any atom is 0.271 e. The van der Waals surface area contributed by atoms with Crippen LogP contribution in [0.2, 0.25) is 0 Å². The molecule has 1 aliphatic rings. The van der Waals surface area contributed by atoms with E-state index in [1.807, 2.05) is 0 Å². The minimum atomic E-state index is -2.29. The number of likely N-dealkylation sites (N-methyl/N-ethyl adjacent to an activating group) is 1. The Morgan fingerprint density at radius 3 is 2.75 bits per heavy atom. The number of carbonyl (C=O) groups is 1. The second-order valence-electron chi connectivity index (χ2n) is 4.02. The number of benzene rings is 1. The Balaban J connectivity index is 2.61. The van der Waals surface area contributed by atoms with Crippen molar-refractivity contribution in [1.82, 2.24) is 0 Å². The van der Waals surface area contributed by atoms with Crippen LogP contribution in [0.15, 0.2) is 24.3 Å². The number of hydrogen-bond acceptors (Lipinski definition) is 2. The van der Waals surface area contributed by atoms with Crippen LogP contribution in [0.3, 0.4) is 0 Å². The van der Waals surface area contributed by atoms with Crippen molar-refractivity contribution in [2.45, 2.75) is 25.1 Å². The summed E-state index contributed by atoms with van der Waals surface area (Å²) >= 11 is 0. The second-order valence-corrected chi connectivity index (χ2v) is 4.02. The molecule has 1 unspecified atom stereocenters. The molecule has 0 aromatic heterocycles. The summed E-state index contributed by atoms with van der Waals surface area (Å²) in [6.07, 6.45) is -1.10. The number of alkyl halides is 1. The fourth-order valence-electron chi connectivity index (χ4n) is 2.15. The predicted molar refractivity (Wildman–Crippen MR) is 58.9 cm³/mol. The van der Waals surface area contributed by atoms with Gasteiger partial charge in [-0.05, 0) is 12.5 Å². The molecule has 1 aromatic carbocycles. The van der Waals surface area contributed by atoms with Crippen molar-refractivity contribution in [1.29, 1.82) is 0 Å². The summed E-state index contributed by atoms with van der Waals surface area (Å²) < 4.78 is 14.7. The first-order chi connectivity index (χ1) is 7.53. The lowest BCUT2D eigenvalue weighted by molar-refractivity contribution is -0.137. The Morgan fingerprint density at radius 1 is 1.50 bits per heavy atom. The Hall–Kier alpha value is -1.42. The fraction of sp³-hybridized carbons (Fsp3) is 0.417. The van der Waals surface area contributed by atoms with E-state index < -0.39 is 17.7 Å². The van der Waals surface area contributed by atoms with E-state index in [0.29, 0.717) is 5.69 Å². The molecule has 0 saturated carbocycles. The third-order valence-electron chi connectivity index (χ3n) is 3.12. The highest BCUT2D eigenvalue weighted by molar-refractivity contribution is 6.07. The molecule has 0 bridgehead atoms. The molecule has 2 rings (SSSR count). The molecule has 1 aromatic rings. The average molecular weight is 223 g/mol. The van der Waals surface area contributed by atoms with E-state index in [4.69, 9.17) is 0 Å². The van der Waals surface area contributed by atoms with E-state index in [2.05, 4.69) is 0 Å². The van der Waals surface area contributed by atoms with E-state index >= 15 is 0 Å². The standard InChI is InChI=1S/C12H14FNO2/c1-3-10(15)12(13)8-6-4-5-7-9(8)14(2)11(12)16/h4-7,10,15H,3H2,1-2H3/t10?,12-/m1/s1. The Labute approximate surface area is 93.5 Å². The number of halogens is 1. The lowest BCUT2D eigenvalue weighted by Crippen LogP contribution is -2.44. The molecule has 1 amide bonds. The smallest absolute Gasteiger partial charge is 0.271 e. The van der Waals surface area contributed by atoms with Gasteiger partial charge in [-0.15, -0.1) is 0 Å². The third kappa shape index (κ3) is 1.19. The van der Waals surface area contributed by atoms with E-state index in [-0.39, 0.29) is 12.0 Å². The SMILES string of the molecule is CCC(O)[C@@]1(F)C(=O)N(C)c2ccccc21. The van der Waals surface area contributed by atoms with Crippen molar-refractivity contribution in [3.8, 4) is 0 Å². The van der Waals surface area contributed by atoms with Crippen LogP contribution >= 0.6 is 0 Å². The largest absolute Gasteiger partial charge is 0.389 e. The molecule has 2 atom stereocenters. The zero-order chi connectivity index (χ0) is 11.9. The number of aliphatic hydroxyl groups is 1. The van der Waals surface area contributed by atoms with Crippen molar-refractivity contribution in [2.24, 2.45) is 0 Å². The van der Waals surface area contributed by atoms with Crippen molar-refractivity contribution in [2.75, 3.05) is 11.9 Å². The second kappa shape index (κ2) is 3.56. The summed E-state index contributed by atoms with van der Waals surface area (Å²) in [6.45, 7) is 1.65. The van der Waals surface area contributed by atoms with Gasteiger partial charge >= 0.3 is 0 Å². The number of anilines is 1. The molecule has 1 aliphatic heterocycles. The quantitative estimate of drug-likeness (QED) is 0.827. The number of hydrogen-bond donors (Lipinski definition) is 1. The first kappa shape index (κ1) is 11.1. The van der Waals surface area contributed by atoms with Gasteiger partial charge in [0.25, 0.3) is 5.91 Å². The van der Waals surface area contributed by atoms with Crippen molar-refractivity contribution in [3.63, 3.8) is 0 Å². The summed E-state index contributed by atoms with van der Waals surface area (Å²) in [4.78, 5) is 13.1. The van der Waals surface area contributed by atoms with E-state index in [9.17, 15) is 14.3 Å². The van der Waals surface area contributed by atoms with Crippen LogP contribution in [0.5, 0.6) is 0 Å². The van der Waals surface area contributed by atoms with Crippen LogP contribution in [0.4, 0.5) is 10.1 Å². The van der Waals surface area contributed by atoms with Gasteiger partial charge < -0.3 is 10.0 Å². The summed E-state index contributed by atoms with van der Waals surface area (Å²) in [7, 11) is 1.52. The van der Waals surface area contributed by atoms with E-state index in [0.717, 1.165) is 0 Å². The first-order valence-corrected chi connectivity index (χ1v) is 5.28. The summed E-state index contributed by atoms with van der Waals surface area (Å²) in [6, 6.07) is 6.64. The van der Waals surface area contributed by atoms with Crippen molar-refractivity contribution < 1.29 is 14.3 Å². The minimum Gasteiger partial charge on any atom is -0.389 e. The van der Waals surface area contributed by atoms with E-state index in [1.165, 1.54) is 11.9 Å². The van der Waals surface area contributed by atoms with Gasteiger partial charge in [0.2, 0.25) is 5.67 Å². The topological polar surface area (TPSA) is 40.5 Å². The van der Waals surface area contributed by atoms with Gasteiger partial charge in [-0.25, -0.2) is 4.39 Å². The number of carbonyl (C=O) groups excluding carboxylic acids is 1. The maximum absolute atomic E-state index is 14.7. The van der Waals surface area contributed by atoms with Gasteiger partial charge in [-0.2, -0.15) is 0 Å². The van der Waals surface area contributed by atoms with Gasteiger partial charge in [0, 0.05) is 12.6 Å². The maximum atomic E-state index is 14.7. The Kier molecular flexibility index (Phi) is 2.46. The van der Waals surface area contributed by atoms with Crippen LogP contribution in [0.25, 0.3) is 0 Å². The van der Waals surface area contributed by atoms with Crippen molar-refractivity contribution >= 4 is 11.6 Å². The molecule has 3 nitrogen and oxygen atoms in total. The normalized spacial score (nSPS) is 25.8. The molecule has 1 heterocycles. The van der Waals surface area contributed by atoms with Crippen LogP contribution < -0.4 is 4.90 Å². The predicted octanol–water partition coefficient (Wildman–Crippen LogP) is 1.60. The van der Waals surface area contributed by atoms with Crippen LogP contribution in [0, 0.1) is 0 Å². The fourth-order valence-corrected chi connectivity index (χ4v) is 2.15. The first-order valence-electron chi connectivity index (χ1n) is 5.28. The zero-order valence-corrected chi connectivity index (χ0v) is 9.27. The molecular formula is C12H14FNO2. The van der Waals surface area contributed by atoms with Crippen LogP contribution in [-0.2, 0) is 10.5 Å². The lowest BCUT2D eigenvalue weighted by atomic mass is 9.90. The van der Waals surface area contributed by atoms with Gasteiger partial charge in [0.1, 0.15) is 6.10 Å². The molecule has 1 N–H and O–H groups in total. The highest BCUT2D eigenvalue weighted by atomic mass is 19.1. The van der Waals surface area contributed by atoms with Gasteiger partial charge in [-0.3, -0.25) is 4.79 Å². The number of rotatable bonds is 2. The van der Waals surface area contributed by atoms with Crippen LogP contribution in [-0.4, -0.2) is 24.2 Å². The minimum absolute atomic E-state index is 0.199. The van der Waals surface area contributed by atoms with Crippen molar-refractivity contribution in [3.05, 3.63) is 29.8 Å². The molecule has 0 saturated heterocycles. The molecule has 16 heavy (non-hydrogen) atoms. The number of nitrogens with zero attached hydrogens (tertiary/aromatic N) is 1. The number of amides is 1. The highest BCUT2D eigenvalue weighted by Gasteiger charge is 2.54. The highest BCUT2D eigenvalue weighted by Crippen LogP contribution is 2.44. The number of aliphatic hydroxyl groups excluding tert-OH is 1. The van der Waals surface area contributed by atoms with Gasteiger partial charge in [0.15, 0.2) is 0 Å². The summed E-state index contributed by atoms with van der Waals surface area (Å²) in [5.74, 6) is -0.692. The molecule has 4 heteroatoms. The molecule has 0 aliphatic carbocycles. The number of para-hydroxylation sites is 1. The lowest BCUT2D eigenvalue weighted by Gasteiger charge is -2.23. The average Bonchev–Trinajstić information content (AvgIpc) is 2.52. The van der Waals surface area contributed by atoms with Crippen LogP contribution in [0.1, 0.15) is 18.9 Å². The summed E-state index contributed by atoms with van der Waals surface area (Å²) in [5, 5.41) is 9.73. The zero-order valence-electron chi connectivity index (χ0n) is 9.27. The molecule has 0 spiro atoms. The molecule has 0 radical (unpaired) electrons. The van der Waals surface area contributed by atoms with Gasteiger partial charge in [-0.1, -0.05) is 25.1 Å². The van der Waals surface area contributed by atoms with E-state index in [1.54, 1.807) is 31.2 Å². The van der Waals surface area contributed by atoms with Gasteiger partial charge in [0.05, 0.1) is 5.69 Å². The molecular weight excluding hydrogens is 209 g/mol. The number of fused-ring (bicyclic) bond motifs is 1. The molecule has 0 fully saturated rings. The third-order valence-corrected chi connectivity index (χ3v) is 3.12. The Morgan fingerprint density at radius 2 is 2.12 bits per heavy atom. The summed E-state index contributed by atoms with van der Waals surface area (Å²) in [5.41, 5.74) is -1.50. The Bertz CT molecular complexity index is 435. The molecule has 86 valence electrons. The monoisotopic (exact) mass is 223 g/mol.